The Balaban J connectivity index is 1.86. The van der Waals surface area contributed by atoms with Crippen LogP contribution in [0.2, 0.25) is 0 Å². The van der Waals surface area contributed by atoms with Crippen molar-refractivity contribution in [1.82, 2.24) is 5.32 Å². The minimum Gasteiger partial charge on any atom is -0.310 e. The smallest absolute Gasteiger partial charge is 0.310 e. The normalized spacial score (nSPS) is 24.4. The first-order chi connectivity index (χ1) is 8.95. The van der Waals surface area contributed by atoms with Crippen molar-refractivity contribution in [3.63, 3.8) is 0 Å². The van der Waals surface area contributed by atoms with E-state index >= 15 is 0 Å². The summed E-state index contributed by atoms with van der Waals surface area (Å²) in [6.45, 7) is 0.410. The van der Waals surface area contributed by atoms with E-state index in [2.05, 4.69) is 5.32 Å². The number of hydrogen-bond donors (Lipinski definition) is 1. The first-order valence-electron chi connectivity index (χ1n) is 6.49. The molecule has 1 nitrogen and oxygen atoms in total. The molecule has 1 fully saturated rings. The van der Waals surface area contributed by atoms with E-state index in [0.29, 0.717) is 13.0 Å². The standard InChI is InChI=1S/C14H17F4N/c15-12-5-1-3-10(7-12)9-19-13-6-2-4-11(8-13)14(16,17)18/h1,3,5,7,11,13,19H,2,4,6,8-9H2. The van der Waals surface area contributed by atoms with Crippen LogP contribution >= 0.6 is 0 Å². The average molecular weight is 275 g/mol. The van der Waals surface area contributed by atoms with Gasteiger partial charge in [0.15, 0.2) is 0 Å². The van der Waals surface area contributed by atoms with Gasteiger partial charge < -0.3 is 5.32 Å². The largest absolute Gasteiger partial charge is 0.391 e. The zero-order valence-corrected chi connectivity index (χ0v) is 10.5. The molecule has 2 unspecified atom stereocenters. The van der Waals surface area contributed by atoms with Crippen molar-refractivity contribution < 1.29 is 17.6 Å². The van der Waals surface area contributed by atoms with E-state index in [1.807, 2.05) is 0 Å². The fourth-order valence-electron chi connectivity index (χ4n) is 2.58. The zero-order valence-electron chi connectivity index (χ0n) is 10.5. The molecular formula is C14H17F4N. The Morgan fingerprint density at radius 3 is 2.68 bits per heavy atom. The summed E-state index contributed by atoms with van der Waals surface area (Å²) in [7, 11) is 0. The molecule has 0 aliphatic heterocycles. The lowest BCUT2D eigenvalue weighted by Gasteiger charge is -2.31. The highest BCUT2D eigenvalue weighted by Crippen LogP contribution is 2.37. The van der Waals surface area contributed by atoms with Gasteiger partial charge in [0.2, 0.25) is 0 Å². The number of benzene rings is 1. The number of hydrogen-bond acceptors (Lipinski definition) is 1. The molecule has 19 heavy (non-hydrogen) atoms. The highest BCUT2D eigenvalue weighted by atomic mass is 19.4. The lowest BCUT2D eigenvalue weighted by atomic mass is 9.85. The van der Waals surface area contributed by atoms with Crippen LogP contribution in [0.5, 0.6) is 0 Å². The quantitative estimate of drug-likeness (QED) is 0.821. The molecule has 2 atom stereocenters. The van der Waals surface area contributed by atoms with Crippen molar-refractivity contribution in [2.24, 2.45) is 5.92 Å². The minimum absolute atomic E-state index is 0.124. The number of nitrogens with one attached hydrogen (secondary N) is 1. The van der Waals surface area contributed by atoms with Crippen LogP contribution in [0.3, 0.4) is 0 Å². The third-order valence-corrected chi connectivity index (χ3v) is 3.62. The van der Waals surface area contributed by atoms with Crippen molar-refractivity contribution in [1.29, 1.82) is 0 Å². The van der Waals surface area contributed by atoms with Gasteiger partial charge in [0, 0.05) is 12.6 Å². The molecule has 1 aromatic carbocycles. The van der Waals surface area contributed by atoms with Gasteiger partial charge in [-0.3, -0.25) is 0 Å². The molecule has 1 N–H and O–H groups in total. The molecule has 0 aromatic heterocycles. The molecule has 0 radical (unpaired) electrons. The molecular weight excluding hydrogens is 258 g/mol. The van der Waals surface area contributed by atoms with Crippen LogP contribution in [0.1, 0.15) is 31.2 Å². The second kappa shape index (κ2) is 5.90. The summed E-state index contributed by atoms with van der Waals surface area (Å²) >= 11 is 0. The Morgan fingerprint density at radius 1 is 1.21 bits per heavy atom. The van der Waals surface area contributed by atoms with Crippen LogP contribution in [0.4, 0.5) is 17.6 Å². The van der Waals surface area contributed by atoms with Crippen molar-refractivity contribution in [3.05, 3.63) is 35.6 Å². The average Bonchev–Trinajstić information content (AvgIpc) is 2.36. The maximum atomic E-state index is 13.0. The van der Waals surface area contributed by atoms with Crippen molar-refractivity contribution in [2.45, 2.75) is 44.4 Å². The summed E-state index contributed by atoms with van der Waals surface area (Å²) in [6.07, 6.45) is -2.41. The summed E-state index contributed by atoms with van der Waals surface area (Å²) < 4.78 is 50.9. The van der Waals surface area contributed by atoms with E-state index in [1.54, 1.807) is 12.1 Å². The van der Waals surface area contributed by atoms with E-state index in [4.69, 9.17) is 0 Å². The van der Waals surface area contributed by atoms with Gasteiger partial charge in [-0.25, -0.2) is 4.39 Å². The van der Waals surface area contributed by atoms with Crippen LogP contribution in [0.25, 0.3) is 0 Å². The van der Waals surface area contributed by atoms with Gasteiger partial charge in [0.1, 0.15) is 5.82 Å². The van der Waals surface area contributed by atoms with Gasteiger partial charge >= 0.3 is 6.18 Å². The zero-order chi connectivity index (χ0) is 13.9. The maximum absolute atomic E-state index is 13.0. The van der Waals surface area contributed by atoms with Crippen LogP contribution in [0.15, 0.2) is 24.3 Å². The molecule has 2 rings (SSSR count). The Bertz CT molecular complexity index is 416. The van der Waals surface area contributed by atoms with Crippen LogP contribution in [-0.2, 0) is 6.54 Å². The summed E-state index contributed by atoms with van der Waals surface area (Å²) in [5.41, 5.74) is 0.758. The highest BCUT2D eigenvalue weighted by molar-refractivity contribution is 5.16. The Morgan fingerprint density at radius 2 is 2.00 bits per heavy atom. The molecule has 1 saturated carbocycles. The third kappa shape index (κ3) is 4.20. The molecule has 106 valence electrons. The molecule has 1 aromatic rings. The number of alkyl halides is 3. The van der Waals surface area contributed by atoms with E-state index in [-0.39, 0.29) is 24.7 Å². The van der Waals surface area contributed by atoms with Crippen molar-refractivity contribution in [3.8, 4) is 0 Å². The van der Waals surface area contributed by atoms with Gasteiger partial charge in [-0.2, -0.15) is 13.2 Å². The Kier molecular flexibility index (Phi) is 4.45. The molecule has 0 spiro atoms. The topological polar surface area (TPSA) is 12.0 Å². The first kappa shape index (κ1) is 14.3. The van der Waals surface area contributed by atoms with Crippen molar-refractivity contribution >= 4 is 0 Å². The van der Waals surface area contributed by atoms with Crippen molar-refractivity contribution in [2.75, 3.05) is 0 Å². The lowest BCUT2D eigenvalue weighted by Crippen LogP contribution is -2.38. The number of halogens is 4. The molecule has 1 aliphatic carbocycles. The molecule has 1 aliphatic rings. The van der Waals surface area contributed by atoms with Crippen LogP contribution < -0.4 is 5.32 Å². The minimum atomic E-state index is -4.10. The predicted octanol–water partition coefficient (Wildman–Crippen LogP) is 4.04. The Hall–Kier alpha value is -1.10. The second-order valence-corrected chi connectivity index (χ2v) is 5.11. The van der Waals surface area contributed by atoms with Gasteiger partial charge in [0.05, 0.1) is 5.92 Å². The number of rotatable bonds is 3. The lowest BCUT2D eigenvalue weighted by molar-refractivity contribution is -0.183. The fraction of sp³-hybridized carbons (Fsp3) is 0.571. The first-order valence-corrected chi connectivity index (χ1v) is 6.49. The summed E-state index contributed by atoms with van der Waals surface area (Å²) in [6, 6.07) is 5.98. The monoisotopic (exact) mass is 275 g/mol. The Labute approximate surface area is 110 Å². The van der Waals surface area contributed by atoms with E-state index in [9.17, 15) is 17.6 Å². The molecule has 0 heterocycles. The molecule has 0 bridgehead atoms. The van der Waals surface area contributed by atoms with E-state index in [1.165, 1.54) is 12.1 Å². The summed E-state index contributed by atoms with van der Waals surface area (Å²) in [5.74, 6) is -1.53. The molecule has 0 saturated heterocycles. The maximum Gasteiger partial charge on any atom is 0.391 e. The van der Waals surface area contributed by atoms with Crippen LogP contribution in [0, 0.1) is 11.7 Å². The predicted molar refractivity (Wildman–Crippen MR) is 65.0 cm³/mol. The van der Waals surface area contributed by atoms with Gasteiger partial charge in [-0.05, 0) is 37.0 Å². The van der Waals surface area contributed by atoms with Gasteiger partial charge in [-0.1, -0.05) is 18.6 Å². The molecule has 0 amide bonds. The summed E-state index contributed by atoms with van der Waals surface area (Å²) in [4.78, 5) is 0. The fourth-order valence-corrected chi connectivity index (χ4v) is 2.58. The summed E-state index contributed by atoms with van der Waals surface area (Å²) in [5, 5.41) is 3.10. The second-order valence-electron chi connectivity index (χ2n) is 5.11. The van der Waals surface area contributed by atoms with Gasteiger partial charge in [-0.15, -0.1) is 0 Å². The molecule has 5 heteroatoms. The van der Waals surface area contributed by atoms with Crippen LogP contribution in [-0.4, -0.2) is 12.2 Å². The highest BCUT2D eigenvalue weighted by Gasteiger charge is 2.41. The van der Waals surface area contributed by atoms with E-state index < -0.39 is 12.1 Å². The SMILES string of the molecule is Fc1cccc(CNC2CCCC(C(F)(F)F)C2)c1. The van der Waals surface area contributed by atoms with E-state index in [0.717, 1.165) is 12.0 Å². The van der Waals surface area contributed by atoms with Gasteiger partial charge in [0.25, 0.3) is 0 Å². The third-order valence-electron chi connectivity index (χ3n) is 3.62.